The standard InChI is InChI=1S/C15H27N3/c1-3-5-10-18(11-6-4-2)13-14-8-7-9-17-15(14)12-16/h7-9H,3-6,10-13,16H2,1-2H3. The van der Waals surface area contributed by atoms with Crippen molar-refractivity contribution in [3.8, 4) is 0 Å². The molecule has 0 aliphatic rings. The second kappa shape index (κ2) is 9.06. The predicted octanol–water partition coefficient (Wildman–Crippen LogP) is 2.94. The van der Waals surface area contributed by atoms with Gasteiger partial charge in [0.15, 0.2) is 0 Å². The van der Waals surface area contributed by atoms with E-state index in [0.29, 0.717) is 6.54 Å². The highest BCUT2D eigenvalue weighted by atomic mass is 15.1. The van der Waals surface area contributed by atoms with E-state index in [4.69, 9.17) is 5.73 Å². The quantitative estimate of drug-likeness (QED) is 0.731. The SMILES string of the molecule is CCCCN(CCCC)Cc1cccnc1CN. The topological polar surface area (TPSA) is 42.2 Å². The molecule has 3 nitrogen and oxygen atoms in total. The molecule has 0 aliphatic carbocycles. The summed E-state index contributed by atoms with van der Waals surface area (Å²) in [5.74, 6) is 0. The van der Waals surface area contributed by atoms with E-state index in [1.54, 1.807) is 0 Å². The van der Waals surface area contributed by atoms with Gasteiger partial charge in [-0.2, -0.15) is 0 Å². The fourth-order valence-corrected chi connectivity index (χ4v) is 2.07. The van der Waals surface area contributed by atoms with Crippen LogP contribution in [-0.2, 0) is 13.1 Å². The Labute approximate surface area is 111 Å². The first-order chi connectivity index (χ1) is 8.81. The zero-order chi connectivity index (χ0) is 13.2. The molecule has 0 saturated carbocycles. The number of aromatic nitrogens is 1. The minimum absolute atomic E-state index is 0.533. The number of rotatable bonds is 9. The summed E-state index contributed by atoms with van der Waals surface area (Å²) in [6.07, 6.45) is 6.86. The van der Waals surface area contributed by atoms with Crippen LogP contribution in [-0.4, -0.2) is 23.0 Å². The summed E-state index contributed by atoms with van der Waals surface area (Å²) < 4.78 is 0. The van der Waals surface area contributed by atoms with Gasteiger partial charge in [-0.25, -0.2) is 0 Å². The number of hydrogen-bond acceptors (Lipinski definition) is 3. The van der Waals surface area contributed by atoms with Crippen LogP contribution in [0.25, 0.3) is 0 Å². The maximum absolute atomic E-state index is 5.75. The zero-order valence-corrected chi connectivity index (χ0v) is 11.9. The first kappa shape index (κ1) is 15.1. The van der Waals surface area contributed by atoms with E-state index in [0.717, 1.165) is 12.2 Å². The van der Waals surface area contributed by atoms with Crippen molar-refractivity contribution in [3.05, 3.63) is 29.6 Å². The molecule has 0 bridgehead atoms. The van der Waals surface area contributed by atoms with E-state index >= 15 is 0 Å². The molecule has 0 spiro atoms. The van der Waals surface area contributed by atoms with Gasteiger partial charge in [-0.15, -0.1) is 0 Å². The maximum atomic E-state index is 5.75. The molecule has 0 amide bonds. The van der Waals surface area contributed by atoms with Gasteiger partial charge >= 0.3 is 0 Å². The molecular formula is C15H27N3. The Hall–Kier alpha value is -0.930. The average Bonchev–Trinajstić information content (AvgIpc) is 2.42. The van der Waals surface area contributed by atoms with Crippen molar-refractivity contribution < 1.29 is 0 Å². The molecule has 1 heterocycles. The Balaban J connectivity index is 2.62. The number of unbranched alkanes of at least 4 members (excludes halogenated alkanes) is 2. The molecule has 0 atom stereocenters. The second-order valence-electron chi connectivity index (χ2n) is 4.80. The van der Waals surface area contributed by atoms with Crippen molar-refractivity contribution in [1.29, 1.82) is 0 Å². The van der Waals surface area contributed by atoms with Crippen molar-refractivity contribution in [2.75, 3.05) is 13.1 Å². The van der Waals surface area contributed by atoms with Crippen molar-refractivity contribution in [3.63, 3.8) is 0 Å². The first-order valence-electron chi connectivity index (χ1n) is 7.17. The summed E-state index contributed by atoms with van der Waals surface area (Å²) in [4.78, 5) is 6.89. The number of pyridine rings is 1. The van der Waals surface area contributed by atoms with Crippen LogP contribution in [0.5, 0.6) is 0 Å². The Morgan fingerprint density at radius 2 is 1.83 bits per heavy atom. The van der Waals surface area contributed by atoms with Crippen LogP contribution >= 0.6 is 0 Å². The highest BCUT2D eigenvalue weighted by molar-refractivity contribution is 5.19. The normalized spacial score (nSPS) is 11.1. The van der Waals surface area contributed by atoms with Crippen LogP contribution in [0.2, 0.25) is 0 Å². The Kier molecular flexibility index (Phi) is 7.62. The molecule has 0 radical (unpaired) electrons. The number of nitrogens with zero attached hydrogens (tertiary/aromatic N) is 2. The molecule has 1 aromatic rings. The van der Waals surface area contributed by atoms with Crippen molar-refractivity contribution >= 4 is 0 Å². The zero-order valence-electron chi connectivity index (χ0n) is 11.9. The van der Waals surface area contributed by atoms with E-state index in [1.807, 2.05) is 12.3 Å². The van der Waals surface area contributed by atoms with Gasteiger partial charge in [-0.1, -0.05) is 32.8 Å². The van der Waals surface area contributed by atoms with E-state index in [9.17, 15) is 0 Å². The minimum Gasteiger partial charge on any atom is -0.325 e. The van der Waals surface area contributed by atoms with Gasteiger partial charge in [0.25, 0.3) is 0 Å². The lowest BCUT2D eigenvalue weighted by Gasteiger charge is -2.22. The molecule has 3 heteroatoms. The van der Waals surface area contributed by atoms with E-state index in [2.05, 4.69) is 29.8 Å². The molecule has 1 rings (SSSR count). The molecular weight excluding hydrogens is 222 g/mol. The van der Waals surface area contributed by atoms with Crippen LogP contribution in [0.4, 0.5) is 0 Å². The number of hydrogen-bond donors (Lipinski definition) is 1. The first-order valence-corrected chi connectivity index (χ1v) is 7.17. The third-order valence-corrected chi connectivity index (χ3v) is 3.23. The molecule has 18 heavy (non-hydrogen) atoms. The van der Waals surface area contributed by atoms with Gasteiger partial charge in [0.1, 0.15) is 0 Å². The highest BCUT2D eigenvalue weighted by Gasteiger charge is 2.08. The maximum Gasteiger partial charge on any atom is 0.0584 e. The summed E-state index contributed by atoms with van der Waals surface area (Å²) in [5, 5.41) is 0. The van der Waals surface area contributed by atoms with Crippen LogP contribution in [0.1, 0.15) is 50.8 Å². The fraction of sp³-hybridized carbons (Fsp3) is 0.667. The van der Waals surface area contributed by atoms with Gasteiger partial charge < -0.3 is 5.73 Å². The highest BCUT2D eigenvalue weighted by Crippen LogP contribution is 2.10. The molecule has 0 fully saturated rings. The Bertz CT molecular complexity index is 317. The summed E-state index contributed by atoms with van der Waals surface area (Å²) in [6.45, 7) is 8.36. The van der Waals surface area contributed by atoms with Crippen LogP contribution in [0.15, 0.2) is 18.3 Å². The molecule has 102 valence electrons. The van der Waals surface area contributed by atoms with Crippen LogP contribution in [0.3, 0.4) is 0 Å². The smallest absolute Gasteiger partial charge is 0.0584 e. The van der Waals surface area contributed by atoms with Crippen molar-refractivity contribution in [2.45, 2.75) is 52.6 Å². The van der Waals surface area contributed by atoms with Gasteiger partial charge in [0, 0.05) is 19.3 Å². The predicted molar refractivity (Wildman–Crippen MR) is 77.2 cm³/mol. The molecule has 0 saturated heterocycles. The third-order valence-electron chi connectivity index (χ3n) is 3.23. The van der Waals surface area contributed by atoms with E-state index in [-0.39, 0.29) is 0 Å². The van der Waals surface area contributed by atoms with Crippen molar-refractivity contribution in [2.24, 2.45) is 5.73 Å². The monoisotopic (exact) mass is 249 g/mol. The van der Waals surface area contributed by atoms with Crippen LogP contribution in [0, 0.1) is 0 Å². The largest absolute Gasteiger partial charge is 0.325 e. The average molecular weight is 249 g/mol. The van der Waals surface area contributed by atoms with Crippen LogP contribution < -0.4 is 5.73 Å². The molecule has 0 unspecified atom stereocenters. The molecule has 0 aliphatic heterocycles. The van der Waals surface area contributed by atoms with Gasteiger partial charge in [-0.3, -0.25) is 9.88 Å². The lowest BCUT2D eigenvalue weighted by Crippen LogP contribution is -2.26. The second-order valence-corrected chi connectivity index (χ2v) is 4.80. The summed E-state index contributed by atoms with van der Waals surface area (Å²) in [6, 6.07) is 4.16. The third kappa shape index (κ3) is 5.15. The fourth-order valence-electron chi connectivity index (χ4n) is 2.07. The molecule has 2 N–H and O–H groups in total. The Morgan fingerprint density at radius 1 is 1.17 bits per heavy atom. The van der Waals surface area contributed by atoms with Gasteiger partial charge in [0.05, 0.1) is 5.69 Å². The van der Waals surface area contributed by atoms with E-state index in [1.165, 1.54) is 44.3 Å². The van der Waals surface area contributed by atoms with E-state index < -0.39 is 0 Å². The Morgan fingerprint density at radius 3 is 2.39 bits per heavy atom. The summed E-state index contributed by atoms with van der Waals surface area (Å²) in [7, 11) is 0. The molecule has 0 aromatic carbocycles. The molecule has 1 aromatic heterocycles. The van der Waals surface area contributed by atoms with Gasteiger partial charge in [0.2, 0.25) is 0 Å². The summed E-state index contributed by atoms with van der Waals surface area (Å²) >= 11 is 0. The van der Waals surface area contributed by atoms with Gasteiger partial charge in [-0.05, 0) is 37.6 Å². The number of nitrogens with two attached hydrogens (primary N) is 1. The lowest BCUT2D eigenvalue weighted by molar-refractivity contribution is 0.256. The minimum atomic E-state index is 0.533. The van der Waals surface area contributed by atoms with Crippen molar-refractivity contribution in [1.82, 2.24) is 9.88 Å². The summed E-state index contributed by atoms with van der Waals surface area (Å²) in [5.41, 5.74) is 8.07. The lowest BCUT2D eigenvalue weighted by atomic mass is 10.1.